The van der Waals surface area contributed by atoms with Gasteiger partial charge in [-0.1, -0.05) is 30.3 Å². The molecule has 0 bridgehead atoms. The Morgan fingerprint density at radius 3 is 2.63 bits per heavy atom. The van der Waals surface area contributed by atoms with Crippen molar-refractivity contribution in [3.8, 4) is 0 Å². The van der Waals surface area contributed by atoms with E-state index in [0.29, 0.717) is 13.0 Å². The van der Waals surface area contributed by atoms with E-state index in [-0.39, 0.29) is 17.6 Å². The van der Waals surface area contributed by atoms with Crippen LogP contribution in [0.1, 0.15) is 40.7 Å². The average Bonchev–Trinajstić information content (AvgIpc) is 3.23. The van der Waals surface area contributed by atoms with Gasteiger partial charge < -0.3 is 9.64 Å². The fourth-order valence-corrected chi connectivity index (χ4v) is 5.34. The summed E-state index contributed by atoms with van der Waals surface area (Å²) in [5.74, 6) is 0.292. The third-order valence-electron chi connectivity index (χ3n) is 7.03. The lowest BCUT2D eigenvalue weighted by molar-refractivity contribution is -0.133. The highest BCUT2D eigenvalue weighted by Crippen LogP contribution is 2.34. The molecule has 5 rings (SSSR count). The van der Waals surface area contributed by atoms with Crippen molar-refractivity contribution < 1.29 is 14.3 Å². The minimum Gasteiger partial charge on any atom is -0.379 e. The van der Waals surface area contributed by atoms with Gasteiger partial charge in [0.25, 0.3) is 0 Å². The molecule has 0 aromatic heterocycles. The minimum absolute atomic E-state index is 0.0930. The second kappa shape index (κ2) is 8.48. The topological polar surface area (TPSA) is 49.9 Å². The molecule has 1 amide bonds. The van der Waals surface area contributed by atoms with Crippen LogP contribution in [0.5, 0.6) is 0 Å². The number of amides is 1. The first-order valence-electron chi connectivity index (χ1n) is 11.4. The number of Topliss-reactive ketones (excluding diaryl/α,β-unsaturated/α-hetero) is 1. The maximum Gasteiger partial charge on any atom is 0.223 e. The summed E-state index contributed by atoms with van der Waals surface area (Å²) >= 11 is 0. The number of hydrogen-bond acceptors (Lipinski definition) is 4. The Morgan fingerprint density at radius 1 is 1.00 bits per heavy atom. The molecule has 2 aromatic rings. The summed E-state index contributed by atoms with van der Waals surface area (Å²) in [6.07, 6.45) is 4.44. The van der Waals surface area contributed by atoms with E-state index in [2.05, 4.69) is 29.2 Å². The van der Waals surface area contributed by atoms with Crippen molar-refractivity contribution in [2.45, 2.75) is 32.1 Å². The molecular weight excluding hydrogens is 376 g/mol. The summed E-state index contributed by atoms with van der Waals surface area (Å²) < 4.78 is 5.38. The van der Waals surface area contributed by atoms with Crippen LogP contribution in [0.25, 0.3) is 10.8 Å². The monoisotopic (exact) mass is 406 g/mol. The average molecular weight is 407 g/mol. The van der Waals surface area contributed by atoms with Crippen LogP contribution in [0.4, 0.5) is 0 Å². The SMILES string of the molecule is O=C(c1ccc2c3c(cccc13)CC2)[C@@H]1CCCN(C(=O)CCN2CCOCC2)C1. The van der Waals surface area contributed by atoms with Crippen molar-refractivity contribution >= 4 is 22.5 Å². The molecule has 158 valence electrons. The van der Waals surface area contributed by atoms with E-state index in [4.69, 9.17) is 4.74 Å². The third kappa shape index (κ3) is 3.77. The lowest BCUT2D eigenvalue weighted by atomic mass is 9.87. The summed E-state index contributed by atoms with van der Waals surface area (Å²) in [6.45, 7) is 5.43. The Balaban J connectivity index is 1.28. The van der Waals surface area contributed by atoms with Crippen LogP contribution < -0.4 is 0 Å². The lowest BCUT2D eigenvalue weighted by Gasteiger charge is -2.33. The maximum absolute atomic E-state index is 13.5. The summed E-state index contributed by atoms with van der Waals surface area (Å²) in [4.78, 5) is 30.5. The second-order valence-electron chi connectivity index (χ2n) is 8.86. The Bertz CT molecular complexity index is 954. The van der Waals surface area contributed by atoms with Gasteiger partial charge in [-0.3, -0.25) is 14.5 Å². The molecule has 0 spiro atoms. The molecular formula is C25H30N2O3. The highest BCUT2D eigenvalue weighted by molar-refractivity contribution is 6.11. The summed E-state index contributed by atoms with van der Waals surface area (Å²) in [5, 5.41) is 2.39. The summed E-state index contributed by atoms with van der Waals surface area (Å²) in [6, 6.07) is 10.5. The molecule has 2 aromatic carbocycles. The van der Waals surface area contributed by atoms with Crippen molar-refractivity contribution in [1.29, 1.82) is 0 Å². The number of piperidine rings is 1. The molecule has 1 atom stereocenters. The quantitative estimate of drug-likeness (QED) is 0.716. The van der Waals surface area contributed by atoms with Gasteiger partial charge in [-0.05, 0) is 47.6 Å². The van der Waals surface area contributed by atoms with E-state index >= 15 is 0 Å². The summed E-state index contributed by atoms with van der Waals surface area (Å²) in [7, 11) is 0. The van der Waals surface area contributed by atoms with Gasteiger partial charge in [0.2, 0.25) is 5.91 Å². The molecule has 2 heterocycles. The van der Waals surface area contributed by atoms with Crippen LogP contribution >= 0.6 is 0 Å². The molecule has 0 saturated carbocycles. The number of carbonyl (C=O) groups excluding carboxylic acids is 2. The van der Waals surface area contributed by atoms with E-state index in [1.807, 2.05) is 11.0 Å². The first-order valence-corrected chi connectivity index (χ1v) is 11.4. The zero-order valence-electron chi connectivity index (χ0n) is 17.6. The van der Waals surface area contributed by atoms with Gasteiger partial charge >= 0.3 is 0 Å². The van der Waals surface area contributed by atoms with Gasteiger partial charge in [0.15, 0.2) is 5.78 Å². The maximum atomic E-state index is 13.5. The number of ketones is 1. The number of ether oxygens (including phenoxy) is 1. The number of nitrogens with zero attached hydrogens (tertiary/aromatic N) is 2. The number of likely N-dealkylation sites (tertiary alicyclic amines) is 1. The predicted molar refractivity (Wildman–Crippen MR) is 117 cm³/mol. The van der Waals surface area contributed by atoms with Crippen LogP contribution in [-0.4, -0.2) is 67.4 Å². The predicted octanol–water partition coefficient (Wildman–Crippen LogP) is 3.08. The smallest absolute Gasteiger partial charge is 0.223 e. The van der Waals surface area contributed by atoms with Crippen LogP contribution in [0.3, 0.4) is 0 Å². The van der Waals surface area contributed by atoms with Gasteiger partial charge in [-0.25, -0.2) is 0 Å². The Hall–Kier alpha value is -2.24. The largest absolute Gasteiger partial charge is 0.379 e. The van der Waals surface area contributed by atoms with Crippen molar-refractivity contribution in [2.24, 2.45) is 5.92 Å². The molecule has 3 aliphatic rings. The van der Waals surface area contributed by atoms with Gasteiger partial charge in [0.1, 0.15) is 0 Å². The van der Waals surface area contributed by atoms with Gasteiger partial charge in [0, 0.05) is 50.6 Å². The van der Waals surface area contributed by atoms with E-state index in [1.165, 1.54) is 16.5 Å². The lowest BCUT2D eigenvalue weighted by Crippen LogP contribution is -2.44. The van der Waals surface area contributed by atoms with Crippen LogP contribution in [0, 0.1) is 5.92 Å². The fraction of sp³-hybridized carbons (Fsp3) is 0.520. The number of hydrogen-bond donors (Lipinski definition) is 0. The molecule has 2 aliphatic heterocycles. The van der Waals surface area contributed by atoms with Crippen LogP contribution in [0.2, 0.25) is 0 Å². The minimum atomic E-state index is -0.0930. The molecule has 1 aliphatic carbocycles. The van der Waals surface area contributed by atoms with E-state index in [1.54, 1.807) is 0 Å². The number of aryl methyl sites for hydroxylation is 2. The molecule has 0 radical (unpaired) electrons. The standard InChI is InChI=1S/C25H30N2O3/c28-23(10-12-26-13-15-30-16-14-26)27-11-2-4-20(17-27)25(29)22-9-8-19-7-6-18-3-1-5-21(22)24(18)19/h1,3,5,8-9,20H,2,4,6-7,10-17H2/t20-/m1/s1. The van der Waals surface area contributed by atoms with Gasteiger partial charge in [-0.2, -0.15) is 0 Å². The van der Waals surface area contributed by atoms with E-state index in [9.17, 15) is 9.59 Å². The van der Waals surface area contributed by atoms with Crippen molar-refractivity contribution in [3.05, 3.63) is 47.0 Å². The second-order valence-corrected chi connectivity index (χ2v) is 8.86. The number of carbonyl (C=O) groups is 2. The number of rotatable bonds is 5. The highest BCUT2D eigenvalue weighted by Gasteiger charge is 2.30. The van der Waals surface area contributed by atoms with Crippen molar-refractivity contribution in [1.82, 2.24) is 9.80 Å². The first kappa shape index (κ1) is 19.7. The number of morpholine rings is 1. The zero-order chi connectivity index (χ0) is 20.5. The molecule has 2 fully saturated rings. The van der Waals surface area contributed by atoms with Gasteiger partial charge in [0.05, 0.1) is 13.2 Å². The van der Waals surface area contributed by atoms with Crippen molar-refractivity contribution in [2.75, 3.05) is 45.9 Å². The summed E-state index contributed by atoms with van der Waals surface area (Å²) in [5.41, 5.74) is 3.56. The highest BCUT2D eigenvalue weighted by atomic mass is 16.5. The Kier molecular flexibility index (Phi) is 5.57. The van der Waals surface area contributed by atoms with Crippen LogP contribution in [0.15, 0.2) is 30.3 Å². The van der Waals surface area contributed by atoms with E-state index in [0.717, 1.165) is 76.0 Å². The number of benzene rings is 2. The molecule has 0 N–H and O–H groups in total. The fourth-order valence-electron chi connectivity index (χ4n) is 5.34. The normalized spacial score (nSPS) is 21.9. The van der Waals surface area contributed by atoms with Crippen molar-refractivity contribution in [3.63, 3.8) is 0 Å². The zero-order valence-corrected chi connectivity index (χ0v) is 17.6. The molecule has 5 heteroatoms. The molecule has 2 saturated heterocycles. The van der Waals surface area contributed by atoms with Gasteiger partial charge in [-0.15, -0.1) is 0 Å². The van der Waals surface area contributed by atoms with Crippen LogP contribution in [-0.2, 0) is 22.4 Å². The molecule has 0 unspecified atom stereocenters. The van der Waals surface area contributed by atoms with E-state index < -0.39 is 0 Å². The Labute approximate surface area is 178 Å². The molecule has 5 nitrogen and oxygen atoms in total. The third-order valence-corrected chi connectivity index (χ3v) is 7.03. The molecule has 30 heavy (non-hydrogen) atoms. The Morgan fingerprint density at radius 2 is 1.80 bits per heavy atom. The first-order chi connectivity index (χ1) is 14.7.